The second-order valence-corrected chi connectivity index (χ2v) is 6.95. The van der Waals surface area contributed by atoms with Gasteiger partial charge in [-0.2, -0.15) is 0 Å². The van der Waals surface area contributed by atoms with Crippen LogP contribution in [-0.4, -0.2) is 20.2 Å². The summed E-state index contributed by atoms with van der Waals surface area (Å²) in [7, 11) is -3.68. The van der Waals surface area contributed by atoms with Crippen molar-refractivity contribution < 1.29 is 13.2 Å². The maximum Gasteiger partial charge on any atom is 0.264 e. The Morgan fingerprint density at radius 3 is 2.43 bits per heavy atom. The van der Waals surface area contributed by atoms with E-state index in [1.165, 1.54) is 28.6 Å². The summed E-state index contributed by atoms with van der Waals surface area (Å²) in [5.41, 5.74) is 1.19. The molecule has 0 heterocycles. The Labute approximate surface area is 141 Å². The van der Waals surface area contributed by atoms with Crippen molar-refractivity contribution in [3.05, 3.63) is 66.2 Å². The molecule has 23 heavy (non-hydrogen) atoms. The monoisotopic (exact) mass is 349 g/mol. The topological polar surface area (TPSA) is 54.5 Å². The van der Waals surface area contributed by atoms with E-state index in [2.05, 4.69) is 0 Å². The minimum atomic E-state index is -3.68. The van der Waals surface area contributed by atoms with E-state index >= 15 is 0 Å². The molecule has 0 aliphatic rings. The van der Waals surface area contributed by atoms with Gasteiger partial charge in [0, 0.05) is 6.54 Å². The molecule has 0 bridgehead atoms. The maximum atomic E-state index is 12.9. The summed E-state index contributed by atoms with van der Waals surface area (Å²) < 4.78 is 27.1. The number of anilines is 1. The standard InChI is InChI=1S/C17H16ClNO3S/c1-2-19(15-8-4-3-5-9-15)23(21,22)16-10-6-7-14(13-16)11-12-17(18)20/h3-13H,2H2,1H3. The zero-order valence-corrected chi connectivity index (χ0v) is 14.1. The van der Waals surface area contributed by atoms with E-state index < -0.39 is 15.3 Å². The lowest BCUT2D eigenvalue weighted by Gasteiger charge is -2.23. The number of nitrogens with zero attached hydrogens (tertiary/aromatic N) is 1. The Bertz CT molecular complexity index is 817. The van der Waals surface area contributed by atoms with Crippen LogP contribution < -0.4 is 4.31 Å². The van der Waals surface area contributed by atoms with Crippen LogP contribution in [0.25, 0.3) is 6.08 Å². The highest BCUT2D eigenvalue weighted by Crippen LogP contribution is 2.24. The molecule has 0 radical (unpaired) electrons. The number of halogens is 1. The number of sulfonamides is 1. The minimum absolute atomic E-state index is 0.160. The molecular weight excluding hydrogens is 334 g/mol. The molecule has 4 nitrogen and oxygen atoms in total. The summed E-state index contributed by atoms with van der Waals surface area (Å²) in [5.74, 6) is 0. The third-order valence-electron chi connectivity index (χ3n) is 3.18. The van der Waals surface area contributed by atoms with Crippen LogP contribution in [0.1, 0.15) is 12.5 Å². The van der Waals surface area contributed by atoms with Gasteiger partial charge in [0.15, 0.2) is 0 Å². The summed E-state index contributed by atoms with van der Waals surface area (Å²) >= 11 is 5.26. The number of para-hydroxylation sites is 1. The van der Waals surface area contributed by atoms with Crippen molar-refractivity contribution in [2.24, 2.45) is 0 Å². The van der Waals surface area contributed by atoms with Gasteiger partial charge in [0.25, 0.3) is 10.0 Å². The molecule has 0 saturated heterocycles. The summed E-state index contributed by atoms with van der Waals surface area (Å²) in [4.78, 5) is 11.0. The third-order valence-corrected chi connectivity index (χ3v) is 5.21. The second kappa shape index (κ2) is 7.44. The minimum Gasteiger partial charge on any atom is -0.276 e. The molecule has 0 aliphatic heterocycles. The van der Waals surface area contributed by atoms with Crippen LogP contribution in [0.3, 0.4) is 0 Å². The first-order chi connectivity index (χ1) is 10.9. The molecule has 0 atom stereocenters. The molecule has 120 valence electrons. The fourth-order valence-corrected chi connectivity index (χ4v) is 3.75. The van der Waals surface area contributed by atoms with Crippen molar-refractivity contribution in [2.75, 3.05) is 10.8 Å². The summed E-state index contributed by atoms with van der Waals surface area (Å²) in [6.45, 7) is 2.09. The molecule has 0 aromatic heterocycles. The number of benzene rings is 2. The molecule has 0 spiro atoms. The summed E-state index contributed by atoms with van der Waals surface area (Å²) in [6, 6.07) is 15.3. The third kappa shape index (κ3) is 4.21. The number of hydrogen-bond acceptors (Lipinski definition) is 3. The summed E-state index contributed by atoms with van der Waals surface area (Å²) in [5, 5.41) is -0.613. The Kier molecular flexibility index (Phi) is 5.58. The van der Waals surface area contributed by atoms with E-state index in [0.717, 1.165) is 0 Å². The quantitative estimate of drug-likeness (QED) is 0.590. The van der Waals surface area contributed by atoms with Crippen molar-refractivity contribution >= 4 is 38.6 Å². The van der Waals surface area contributed by atoms with Gasteiger partial charge in [0.05, 0.1) is 10.6 Å². The second-order valence-electron chi connectivity index (χ2n) is 4.72. The van der Waals surface area contributed by atoms with Gasteiger partial charge < -0.3 is 0 Å². The average Bonchev–Trinajstić information content (AvgIpc) is 2.54. The lowest BCUT2D eigenvalue weighted by Crippen LogP contribution is -2.30. The highest BCUT2D eigenvalue weighted by Gasteiger charge is 2.23. The Balaban J connectivity index is 2.42. The molecule has 6 heteroatoms. The van der Waals surface area contributed by atoms with Gasteiger partial charge in [-0.3, -0.25) is 9.10 Å². The maximum absolute atomic E-state index is 12.9. The Hall–Kier alpha value is -2.11. The van der Waals surface area contributed by atoms with E-state index in [1.807, 2.05) is 6.07 Å². The number of hydrogen-bond donors (Lipinski definition) is 0. The lowest BCUT2D eigenvalue weighted by molar-refractivity contribution is -0.107. The molecule has 2 aromatic rings. The van der Waals surface area contributed by atoms with Crippen LogP contribution in [0.4, 0.5) is 5.69 Å². The van der Waals surface area contributed by atoms with Gasteiger partial charge in [-0.05, 0) is 54.4 Å². The zero-order valence-electron chi connectivity index (χ0n) is 12.5. The highest BCUT2D eigenvalue weighted by atomic mass is 35.5. The zero-order chi connectivity index (χ0) is 16.9. The molecule has 2 aromatic carbocycles. The van der Waals surface area contributed by atoms with Crippen LogP contribution in [0.2, 0.25) is 0 Å². The summed E-state index contributed by atoms with van der Waals surface area (Å²) in [6.07, 6.45) is 2.66. The smallest absolute Gasteiger partial charge is 0.264 e. The number of carbonyl (C=O) groups excluding carboxylic acids is 1. The van der Waals surface area contributed by atoms with E-state index in [0.29, 0.717) is 17.8 Å². The van der Waals surface area contributed by atoms with Crippen LogP contribution in [0.5, 0.6) is 0 Å². The van der Waals surface area contributed by atoms with Gasteiger partial charge in [0.1, 0.15) is 0 Å². The largest absolute Gasteiger partial charge is 0.276 e. The molecule has 0 saturated carbocycles. The molecule has 0 aliphatic carbocycles. The molecule has 0 N–H and O–H groups in total. The normalized spacial score (nSPS) is 11.6. The predicted molar refractivity (Wildman–Crippen MR) is 93.0 cm³/mol. The molecule has 0 unspecified atom stereocenters. The van der Waals surface area contributed by atoms with Gasteiger partial charge in [-0.25, -0.2) is 8.42 Å². The van der Waals surface area contributed by atoms with Gasteiger partial charge in [0.2, 0.25) is 5.24 Å². The van der Waals surface area contributed by atoms with Gasteiger partial charge in [-0.15, -0.1) is 0 Å². The van der Waals surface area contributed by atoms with Crippen molar-refractivity contribution in [1.82, 2.24) is 0 Å². The van der Waals surface area contributed by atoms with Crippen LogP contribution in [0, 0.1) is 0 Å². The number of rotatable bonds is 6. The van der Waals surface area contributed by atoms with Crippen molar-refractivity contribution in [3.63, 3.8) is 0 Å². The van der Waals surface area contributed by atoms with E-state index in [-0.39, 0.29) is 4.90 Å². The first-order valence-electron chi connectivity index (χ1n) is 7.00. The molecular formula is C17H16ClNO3S. The van der Waals surface area contributed by atoms with E-state index in [9.17, 15) is 13.2 Å². The molecule has 0 fully saturated rings. The SMILES string of the molecule is CCN(c1ccccc1)S(=O)(=O)c1cccc(C=CC(=O)Cl)c1. The fourth-order valence-electron chi connectivity index (χ4n) is 2.15. The van der Waals surface area contributed by atoms with Crippen molar-refractivity contribution in [1.29, 1.82) is 0 Å². The van der Waals surface area contributed by atoms with E-state index in [1.54, 1.807) is 43.3 Å². The average molecular weight is 350 g/mol. The predicted octanol–water partition coefficient (Wildman–Crippen LogP) is 3.68. The number of carbonyl (C=O) groups is 1. The Morgan fingerprint density at radius 2 is 1.83 bits per heavy atom. The highest BCUT2D eigenvalue weighted by molar-refractivity contribution is 7.92. The van der Waals surface area contributed by atoms with E-state index in [4.69, 9.17) is 11.6 Å². The first-order valence-corrected chi connectivity index (χ1v) is 8.82. The lowest BCUT2D eigenvalue weighted by atomic mass is 10.2. The molecule has 2 rings (SSSR count). The number of allylic oxidation sites excluding steroid dienone is 1. The molecule has 0 amide bonds. The fraction of sp³-hybridized carbons (Fsp3) is 0.118. The van der Waals surface area contributed by atoms with Crippen LogP contribution in [0.15, 0.2) is 65.6 Å². The van der Waals surface area contributed by atoms with Gasteiger partial charge in [-0.1, -0.05) is 36.4 Å². The van der Waals surface area contributed by atoms with Crippen molar-refractivity contribution in [2.45, 2.75) is 11.8 Å². The van der Waals surface area contributed by atoms with Crippen molar-refractivity contribution in [3.8, 4) is 0 Å². The Morgan fingerprint density at radius 1 is 1.13 bits per heavy atom. The van der Waals surface area contributed by atoms with Crippen LogP contribution in [-0.2, 0) is 14.8 Å². The first kappa shape index (κ1) is 17.2. The van der Waals surface area contributed by atoms with Crippen LogP contribution >= 0.6 is 11.6 Å². The van der Waals surface area contributed by atoms with Gasteiger partial charge >= 0.3 is 0 Å².